The van der Waals surface area contributed by atoms with Gasteiger partial charge >= 0.3 is 0 Å². The van der Waals surface area contributed by atoms with Gasteiger partial charge in [-0.15, -0.1) is 0 Å². The molecule has 1 atom stereocenters. The predicted octanol–water partition coefficient (Wildman–Crippen LogP) is 5.01. The SMILES string of the molecule is CCOc1ccc(CCC(=O)N(Cc2ccc(Cl)cc2)[C@@H](C)C(=O)NC(C)C)cc1OCC. The van der Waals surface area contributed by atoms with Crippen LogP contribution in [0.4, 0.5) is 0 Å². The van der Waals surface area contributed by atoms with Crippen LogP contribution in [0.3, 0.4) is 0 Å². The predicted molar refractivity (Wildman–Crippen MR) is 132 cm³/mol. The number of amides is 2. The van der Waals surface area contributed by atoms with Crippen molar-refractivity contribution in [3.05, 3.63) is 58.6 Å². The minimum absolute atomic E-state index is 0.00623. The Morgan fingerprint density at radius 1 is 0.939 bits per heavy atom. The third-order valence-electron chi connectivity index (χ3n) is 5.10. The van der Waals surface area contributed by atoms with Crippen molar-refractivity contribution in [3.8, 4) is 11.5 Å². The molecule has 0 spiro atoms. The number of ether oxygens (including phenoxy) is 2. The van der Waals surface area contributed by atoms with Crippen molar-refractivity contribution >= 4 is 23.4 Å². The summed E-state index contributed by atoms with van der Waals surface area (Å²) in [5, 5.41) is 3.53. The Bertz CT molecular complexity index is 915. The Hall–Kier alpha value is -2.73. The third kappa shape index (κ3) is 8.28. The summed E-state index contributed by atoms with van der Waals surface area (Å²) >= 11 is 6.00. The zero-order chi connectivity index (χ0) is 24.4. The van der Waals surface area contributed by atoms with Crippen LogP contribution in [0.25, 0.3) is 0 Å². The molecule has 2 aromatic carbocycles. The van der Waals surface area contributed by atoms with Gasteiger partial charge in [0.05, 0.1) is 13.2 Å². The van der Waals surface area contributed by atoms with Crippen molar-refractivity contribution in [1.82, 2.24) is 10.2 Å². The molecule has 2 amide bonds. The van der Waals surface area contributed by atoms with Crippen molar-refractivity contribution in [2.24, 2.45) is 0 Å². The van der Waals surface area contributed by atoms with Gasteiger partial charge in [0.2, 0.25) is 11.8 Å². The molecule has 0 fully saturated rings. The van der Waals surface area contributed by atoms with E-state index in [4.69, 9.17) is 21.1 Å². The van der Waals surface area contributed by atoms with E-state index < -0.39 is 6.04 Å². The van der Waals surface area contributed by atoms with Gasteiger partial charge in [0.1, 0.15) is 6.04 Å². The molecule has 0 aromatic heterocycles. The van der Waals surface area contributed by atoms with Crippen LogP contribution in [-0.4, -0.2) is 42.0 Å². The first-order valence-corrected chi connectivity index (χ1v) is 11.9. The number of nitrogens with zero attached hydrogens (tertiary/aromatic N) is 1. The van der Waals surface area contributed by atoms with Gasteiger partial charge < -0.3 is 19.7 Å². The van der Waals surface area contributed by atoms with Crippen molar-refractivity contribution in [3.63, 3.8) is 0 Å². The third-order valence-corrected chi connectivity index (χ3v) is 5.35. The Kier molecular flexibility index (Phi) is 10.5. The monoisotopic (exact) mass is 474 g/mol. The van der Waals surface area contributed by atoms with Gasteiger partial charge in [-0.25, -0.2) is 0 Å². The Balaban J connectivity index is 2.17. The normalized spacial score (nSPS) is 11.7. The van der Waals surface area contributed by atoms with E-state index in [9.17, 15) is 9.59 Å². The molecule has 0 aliphatic carbocycles. The first-order chi connectivity index (χ1) is 15.7. The fraction of sp³-hybridized carbons (Fsp3) is 0.462. The molecule has 33 heavy (non-hydrogen) atoms. The Morgan fingerprint density at radius 2 is 1.55 bits per heavy atom. The van der Waals surface area contributed by atoms with E-state index in [1.54, 1.807) is 24.0 Å². The lowest BCUT2D eigenvalue weighted by molar-refractivity contribution is -0.140. The molecule has 2 aromatic rings. The van der Waals surface area contributed by atoms with Gasteiger partial charge in [0, 0.05) is 24.0 Å². The van der Waals surface area contributed by atoms with Gasteiger partial charge in [0.25, 0.3) is 0 Å². The number of carbonyl (C=O) groups excluding carboxylic acids is 2. The first kappa shape index (κ1) is 26.5. The molecule has 7 heteroatoms. The number of halogens is 1. The zero-order valence-electron chi connectivity index (χ0n) is 20.2. The fourth-order valence-corrected chi connectivity index (χ4v) is 3.55. The zero-order valence-corrected chi connectivity index (χ0v) is 20.9. The van der Waals surface area contributed by atoms with E-state index in [0.717, 1.165) is 11.1 Å². The van der Waals surface area contributed by atoms with E-state index in [0.29, 0.717) is 42.7 Å². The summed E-state index contributed by atoms with van der Waals surface area (Å²) in [4.78, 5) is 27.6. The van der Waals surface area contributed by atoms with Gasteiger partial charge in [-0.05, 0) is 76.4 Å². The number of benzene rings is 2. The molecule has 0 unspecified atom stereocenters. The first-order valence-electron chi connectivity index (χ1n) is 11.5. The van der Waals surface area contributed by atoms with Gasteiger partial charge in [-0.3, -0.25) is 9.59 Å². The number of hydrogen-bond acceptors (Lipinski definition) is 4. The van der Waals surface area contributed by atoms with Gasteiger partial charge in [0.15, 0.2) is 11.5 Å². The molecular formula is C26H35ClN2O4. The highest BCUT2D eigenvalue weighted by atomic mass is 35.5. The molecule has 2 rings (SSSR count). The van der Waals surface area contributed by atoms with E-state index in [1.807, 2.05) is 58.0 Å². The Morgan fingerprint density at radius 3 is 2.15 bits per heavy atom. The molecule has 6 nitrogen and oxygen atoms in total. The van der Waals surface area contributed by atoms with Crippen LogP contribution in [-0.2, 0) is 22.6 Å². The summed E-state index contributed by atoms with van der Waals surface area (Å²) < 4.78 is 11.3. The summed E-state index contributed by atoms with van der Waals surface area (Å²) in [6.07, 6.45) is 0.799. The average Bonchev–Trinajstić information content (AvgIpc) is 2.78. The molecule has 0 aliphatic heterocycles. The lowest BCUT2D eigenvalue weighted by atomic mass is 10.1. The second-order valence-corrected chi connectivity index (χ2v) is 8.57. The highest BCUT2D eigenvalue weighted by molar-refractivity contribution is 6.30. The maximum atomic E-state index is 13.3. The van der Waals surface area contributed by atoms with Crippen LogP contribution in [0, 0.1) is 0 Å². The summed E-state index contributed by atoms with van der Waals surface area (Å²) in [6, 6.07) is 12.4. The minimum atomic E-state index is -0.602. The van der Waals surface area contributed by atoms with Crippen LogP contribution in [0.2, 0.25) is 5.02 Å². The molecule has 180 valence electrons. The van der Waals surface area contributed by atoms with Crippen molar-refractivity contribution in [2.45, 2.75) is 66.1 Å². The Labute approximate surface area is 202 Å². The van der Waals surface area contributed by atoms with E-state index in [1.165, 1.54) is 0 Å². The van der Waals surface area contributed by atoms with Gasteiger partial charge in [-0.1, -0.05) is 29.8 Å². The van der Waals surface area contributed by atoms with E-state index >= 15 is 0 Å². The van der Waals surface area contributed by atoms with E-state index in [2.05, 4.69) is 5.32 Å². The highest BCUT2D eigenvalue weighted by Crippen LogP contribution is 2.29. The quantitative estimate of drug-likeness (QED) is 0.469. The van der Waals surface area contributed by atoms with Crippen LogP contribution >= 0.6 is 11.6 Å². The summed E-state index contributed by atoms with van der Waals surface area (Å²) in [5.41, 5.74) is 1.89. The summed E-state index contributed by atoms with van der Waals surface area (Å²) in [5.74, 6) is 1.10. The number of carbonyl (C=O) groups is 2. The smallest absolute Gasteiger partial charge is 0.242 e. The molecule has 0 bridgehead atoms. The lowest BCUT2D eigenvalue weighted by Crippen LogP contribution is -2.49. The minimum Gasteiger partial charge on any atom is -0.490 e. The largest absolute Gasteiger partial charge is 0.490 e. The maximum absolute atomic E-state index is 13.3. The number of aryl methyl sites for hydroxylation is 1. The average molecular weight is 475 g/mol. The molecule has 0 saturated heterocycles. The standard InChI is InChI=1S/C26H35ClN2O4/c1-6-32-23-14-10-20(16-24(23)33-7-2)11-15-25(30)29(19(5)26(31)28-18(3)4)17-21-8-12-22(27)13-9-21/h8-10,12-14,16,18-19H,6-7,11,15,17H2,1-5H3,(H,28,31)/t19-/m0/s1. The van der Waals surface area contributed by atoms with Crippen LogP contribution in [0.5, 0.6) is 11.5 Å². The molecular weight excluding hydrogens is 440 g/mol. The number of hydrogen-bond donors (Lipinski definition) is 1. The molecule has 1 N–H and O–H groups in total. The van der Waals surface area contributed by atoms with Crippen molar-refractivity contribution in [2.75, 3.05) is 13.2 Å². The highest BCUT2D eigenvalue weighted by Gasteiger charge is 2.26. The molecule has 0 aliphatic rings. The van der Waals surface area contributed by atoms with Crippen LogP contribution < -0.4 is 14.8 Å². The van der Waals surface area contributed by atoms with Crippen molar-refractivity contribution < 1.29 is 19.1 Å². The number of rotatable bonds is 12. The second-order valence-electron chi connectivity index (χ2n) is 8.13. The molecule has 0 heterocycles. The van der Waals surface area contributed by atoms with Crippen LogP contribution in [0.1, 0.15) is 52.2 Å². The number of nitrogens with one attached hydrogen (secondary N) is 1. The fourth-order valence-electron chi connectivity index (χ4n) is 3.42. The van der Waals surface area contributed by atoms with Crippen molar-refractivity contribution in [1.29, 1.82) is 0 Å². The molecule has 0 radical (unpaired) electrons. The topological polar surface area (TPSA) is 67.9 Å². The van der Waals surface area contributed by atoms with E-state index in [-0.39, 0.29) is 24.3 Å². The maximum Gasteiger partial charge on any atom is 0.242 e. The summed E-state index contributed by atoms with van der Waals surface area (Å²) in [7, 11) is 0. The second kappa shape index (κ2) is 13.1. The van der Waals surface area contributed by atoms with Gasteiger partial charge in [-0.2, -0.15) is 0 Å². The summed E-state index contributed by atoms with van der Waals surface area (Å²) in [6.45, 7) is 10.8. The lowest BCUT2D eigenvalue weighted by Gasteiger charge is -2.29. The van der Waals surface area contributed by atoms with Crippen LogP contribution in [0.15, 0.2) is 42.5 Å². The molecule has 0 saturated carbocycles.